The highest BCUT2D eigenvalue weighted by atomic mass is 16.2. The Bertz CT molecular complexity index is 596. The predicted molar refractivity (Wildman–Crippen MR) is 95.9 cm³/mol. The first-order chi connectivity index (χ1) is 11.7. The van der Waals surface area contributed by atoms with E-state index in [4.69, 9.17) is 0 Å². The topological polar surface area (TPSA) is 26.8 Å². The summed E-state index contributed by atoms with van der Waals surface area (Å²) in [5.41, 5.74) is 2.78. The van der Waals surface area contributed by atoms with E-state index in [0.717, 1.165) is 32.7 Å². The summed E-state index contributed by atoms with van der Waals surface area (Å²) in [4.78, 5) is 19.7. The molecule has 2 amide bonds. The van der Waals surface area contributed by atoms with Crippen LogP contribution < -0.4 is 0 Å². The number of carbonyl (C=O) groups is 1. The van der Waals surface area contributed by atoms with Crippen LogP contribution >= 0.6 is 0 Å². The number of amides is 2. The van der Waals surface area contributed by atoms with Gasteiger partial charge in [0, 0.05) is 38.8 Å². The van der Waals surface area contributed by atoms with E-state index in [9.17, 15) is 4.79 Å². The molecule has 0 N–H and O–H groups in total. The number of piperazine rings is 1. The summed E-state index contributed by atoms with van der Waals surface area (Å²) in [5.74, 6) is 0. The summed E-state index contributed by atoms with van der Waals surface area (Å²) in [7, 11) is 0. The Morgan fingerprint density at radius 3 is 2.54 bits per heavy atom. The van der Waals surface area contributed by atoms with Crippen molar-refractivity contribution in [1.29, 1.82) is 0 Å². The molecule has 1 saturated carbocycles. The molecule has 2 heterocycles. The number of rotatable bonds is 3. The van der Waals surface area contributed by atoms with E-state index < -0.39 is 0 Å². The highest BCUT2D eigenvalue weighted by Crippen LogP contribution is 2.29. The number of aryl methyl sites for hydroxylation is 1. The molecular formula is C20H29N3O. The molecule has 24 heavy (non-hydrogen) atoms. The van der Waals surface area contributed by atoms with Crippen LogP contribution in [0.25, 0.3) is 0 Å². The zero-order chi connectivity index (χ0) is 16.5. The monoisotopic (exact) mass is 327 g/mol. The molecule has 0 spiro atoms. The van der Waals surface area contributed by atoms with Crippen LogP contribution in [0.2, 0.25) is 0 Å². The Hall–Kier alpha value is -1.55. The summed E-state index contributed by atoms with van der Waals surface area (Å²) in [6, 6.07) is 9.85. The third kappa shape index (κ3) is 3.04. The number of urea groups is 1. The average Bonchev–Trinajstić information content (AvgIpc) is 2.94. The van der Waals surface area contributed by atoms with E-state index in [1.807, 2.05) is 0 Å². The lowest BCUT2D eigenvalue weighted by atomic mass is 9.94. The second-order valence-electron chi connectivity index (χ2n) is 7.74. The number of fused-ring (bicyclic) bond motifs is 1. The van der Waals surface area contributed by atoms with E-state index in [1.54, 1.807) is 0 Å². The van der Waals surface area contributed by atoms with Crippen molar-refractivity contribution >= 4 is 6.03 Å². The molecule has 1 aliphatic carbocycles. The van der Waals surface area contributed by atoms with Crippen molar-refractivity contribution in [2.75, 3.05) is 26.2 Å². The highest BCUT2D eigenvalue weighted by molar-refractivity contribution is 5.77. The lowest BCUT2D eigenvalue weighted by Crippen LogP contribution is -2.51. The van der Waals surface area contributed by atoms with Gasteiger partial charge in [-0.15, -0.1) is 0 Å². The first-order valence-electron chi connectivity index (χ1n) is 9.56. The van der Waals surface area contributed by atoms with Crippen molar-refractivity contribution in [1.82, 2.24) is 14.7 Å². The molecule has 0 unspecified atom stereocenters. The van der Waals surface area contributed by atoms with Gasteiger partial charge in [-0.1, -0.05) is 43.5 Å². The number of carbonyl (C=O) groups excluding carboxylic acids is 1. The van der Waals surface area contributed by atoms with E-state index in [2.05, 4.69) is 45.9 Å². The van der Waals surface area contributed by atoms with Crippen molar-refractivity contribution in [2.24, 2.45) is 0 Å². The van der Waals surface area contributed by atoms with Gasteiger partial charge >= 0.3 is 6.03 Å². The lowest BCUT2D eigenvalue weighted by Gasteiger charge is -2.36. The molecule has 2 aliphatic heterocycles. The zero-order valence-corrected chi connectivity index (χ0v) is 14.8. The smallest absolute Gasteiger partial charge is 0.320 e. The quantitative estimate of drug-likeness (QED) is 0.852. The molecule has 130 valence electrons. The van der Waals surface area contributed by atoms with Crippen molar-refractivity contribution in [2.45, 2.75) is 57.7 Å². The van der Waals surface area contributed by atoms with Gasteiger partial charge in [0.2, 0.25) is 0 Å². The molecular weight excluding hydrogens is 298 g/mol. The minimum absolute atomic E-state index is 0.308. The third-order valence-electron chi connectivity index (χ3n) is 6.14. The normalized spacial score (nSPS) is 26.0. The van der Waals surface area contributed by atoms with E-state index in [0.29, 0.717) is 18.1 Å². The third-order valence-corrected chi connectivity index (χ3v) is 6.14. The number of benzene rings is 1. The minimum atomic E-state index is 0.308. The standard InChI is InChI=1S/C20H29N3O/c1-16-7-5-6-8-17(16)13-21-11-12-22-19(14-21)15-23(20(22)24)18-9-3-2-4-10-18/h5-8,18-19H,2-4,9-15H2,1H3/t19-/m1/s1. The van der Waals surface area contributed by atoms with Gasteiger partial charge < -0.3 is 9.80 Å². The molecule has 0 aromatic heterocycles. The van der Waals surface area contributed by atoms with Crippen LogP contribution in [0.4, 0.5) is 4.79 Å². The molecule has 4 rings (SSSR count). The largest absolute Gasteiger partial charge is 0.320 e. The van der Waals surface area contributed by atoms with Crippen LogP contribution in [0.5, 0.6) is 0 Å². The van der Waals surface area contributed by atoms with E-state index >= 15 is 0 Å². The molecule has 1 aromatic carbocycles. The van der Waals surface area contributed by atoms with Crippen LogP contribution in [0.3, 0.4) is 0 Å². The number of hydrogen-bond acceptors (Lipinski definition) is 2. The van der Waals surface area contributed by atoms with E-state index in [-0.39, 0.29) is 0 Å². The Morgan fingerprint density at radius 1 is 0.958 bits per heavy atom. The Morgan fingerprint density at radius 2 is 1.75 bits per heavy atom. The van der Waals surface area contributed by atoms with Gasteiger partial charge in [-0.3, -0.25) is 4.90 Å². The van der Waals surface area contributed by atoms with Crippen LogP contribution in [-0.2, 0) is 6.54 Å². The van der Waals surface area contributed by atoms with Crippen LogP contribution in [0.1, 0.15) is 43.2 Å². The fraction of sp³-hybridized carbons (Fsp3) is 0.650. The molecule has 0 radical (unpaired) electrons. The van der Waals surface area contributed by atoms with Gasteiger partial charge in [-0.25, -0.2) is 4.79 Å². The van der Waals surface area contributed by atoms with Crippen LogP contribution in [0, 0.1) is 6.92 Å². The molecule has 4 heteroatoms. The summed E-state index contributed by atoms with van der Waals surface area (Å²) < 4.78 is 0. The molecule has 3 aliphatic rings. The van der Waals surface area contributed by atoms with Gasteiger partial charge in [0.1, 0.15) is 0 Å². The van der Waals surface area contributed by atoms with Gasteiger partial charge in [-0.05, 0) is 30.9 Å². The van der Waals surface area contributed by atoms with Crippen molar-refractivity contribution in [3.05, 3.63) is 35.4 Å². The lowest BCUT2D eigenvalue weighted by molar-refractivity contribution is 0.116. The van der Waals surface area contributed by atoms with Gasteiger partial charge in [0.05, 0.1) is 6.04 Å². The maximum atomic E-state index is 12.8. The highest BCUT2D eigenvalue weighted by Gasteiger charge is 2.43. The minimum Gasteiger partial charge on any atom is -0.320 e. The first-order valence-corrected chi connectivity index (χ1v) is 9.56. The predicted octanol–water partition coefficient (Wildman–Crippen LogP) is 3.25. The molecule has 2 saturated heterocycles. The molecule has 4 nitrogen and oxygen atoms in total. The van der Waals surface area contributed by atoms with Crippen molar-refractivity contribution in [3.63, 3.8) is 0 Å². The maximum Gasteiger partial charge on any atom is 0.320 e. The Balaban J connectivity index is 1.40. The first kappa shape index (κ1) is 15.9. The Labute approximate surface area is 145 Å². The van der Waals surface area contributed by atoms with Gasteiger partial charge in [-0.2, -0.15) is 0 Å². The Kier molecular flexibility index (Phi) is 4.49. The SMILES string of the molecule is Cc1ccccc1CN1CCN2C(=O)N(C3CCCCC3)C[C@H]2C1. The molecule has 0 bridgehead atoms. The second kappa shape index (κ2) is 6.75. The summed E-state index contributed by atoms with van der Waals surface area (Å²) in [5, 5.41) is 0. The van der Waals surface area contributed by atoms with Gasteiger partial charge in [0.25, 0.3) is 0 Å². The summed E-state index contributed by atoms with van der Waals surface area (Å²) in [6.45, 7) is 7.04. The number of nitrogens with zero attached hydrogens (tertiary/aromatic N) is 3. The van der Waals surface area contributed by atoms with E-state index in [1.165, 1.54) is 43.2 Å². The molecule has 1 atom stereocenters. The van der Waals surface area contributed by atoms with Crippen LogP contribution in [-0.4, -0.2) is 59.0 Å². The van der Waals surface area contributed by atoms with Crippen molar-refractivity contribution < 1.29 is 4.79 Å². The summed E-state index contributed by atoms with van der Waals surface area (Å²) in [6.07, 6.45) is 6.34. The van der Waals surface area contributed by atoms with Crippen LogP contribution in [0.15, 0.2) is 24.3 Å². The average molecular weight is 327 g/mol. The number of hydrogen-bond donors (Lipinski definition) is 0. The zero-order valence-electron chi connectivity index (χ0n) is 14.8. The maximum absolute atomic E-state index is 12.8. The molecule has 1 aromatic rings. The molecule has 3 fully saturated rings. The van der Waals surface area contributed by atoms with Gasteiger partial charge in [0.15, 0.2) is 0 Å². The summed E-state index contributed by atoms with van der Waals surface area (Å²) >= 11 is 0. The fourth-order valence-corrected chi connectivity index (χ4v) is 4.67. The fourth-order valence-electron chi connectivity index (χ4n) is 4.67. The van der Waals surface area contributed by atoms with Crippen molar-refractivity contribution in [3.8, 4) is 0 Å². The second-order valence-corrected chi connectivity index (χ2v) is 7.74.